The maximum atomic E-state index is 12.4. The summed E-state index contributed by atoms with van der Waals surface area (Å²) in [6.45, 7) is 2.41. The minimum absolute atomic E-state index is 0.207. The molecule has 0 saturated carbocycles. The van der Waals surface area contributed by atoms with Crippen molar-refractivity contribution in [2.24, 2.45) is 0 Å². The third-order valence-electron chi connectivity index (χ3n) is 4.98. The third kappa shape index (κ3) is 7.72. The van der Waals surface area contributed by atoms with Crippen LogP contribution in [0.25, 0.3) is 0 Å². The molecule has 1 amide bonds. The first-order chi connectivity index (χ1) is 14.7. The van der Waals surface area contributed by atoms with E-state index in [4.69, 9.17) is 4.74 Å². The predicted octanol–water partition coefficient (Wildman–Crippen LogP) is 5.09. The van der Waals surface area contributed by atoms with Gasteiger partial charge >= 0.3 is 6.09 Å². The molecule has 0 bridgehead atoms. The van der Waals surface area contributed by atoms with Crippen molar-refractivity contribution >= 4 is 6.09 Å². The number of carbonyl (C=O) groups is 1. The topological polar surface area (TPSA) is 50.4 Å². The zero-order valence-electron chi connectivity index (χ0n) is 17.5. The van der Waals surface area contributed by atoms with E-state index < -0.39 is 6.09 Å². The summed E-state index contributed by atoms with van der Waals surface area (Å²) in [6.07, 6.45) is 2.04. The van der Waals surface area contributed by atoms with Gasteiger partial charge in [-0.25, -0.2) is 4.79 Å². The van der Waals surface area contributed by atoms with Gasteiger partial charge in [0, 0.05) is 12.5 Å². The van der Waals surface area contributed by atoms with Gasteiger partial charge in [-0.05, 0) is 36.5 Å². The van der Waals surface area contributed by atoms with Crippen molar-refractivity contribution in [2.45, 2.75) is 45.0 Å². The standard InChI is InChI=1S/C26H30N2O2/c1-21(17-18-22-11-5-2-6-12-22)27-25(19-23-13-7-3-8-14-23)28-26(29)30-20-24-15-9-4-10-16-24/h2-16,21,25,27H,17-20H2,1H3,(H,28,29)/t21-,25-/m1/s1. The molecule has 0 heterocycles. The van der Waals surface area contributed by atoms with E-state index in [0.717, 1.165) is 24.0 Å². The Morgan fingerprint density at radius 1 is 0.800 bits per heavy atom. The Hall–Kier alpha value is -3.11. The average molecular weight is 403 g/mol. The van der Waals surface area contributed by atoms with Crippen LogP contribution in [0.2, 0.25) is 0 Å². The van der Waals surface area contributed by atoms with Gasteiger partial charge in [0.25, 0.3) is 0 Å². The normalized spacial score (nSPS) is 12.7. The third-order valence-corrected chi connectivity index (χ3v) is 4.98. The number of hydrogen-bond acceptors (Lipinski definition) is 3. The number of rotatable bonds is 10. The van der Waals surface area contributed by atoms with Crippen LogP contribution in [0, 0.1) is 0 Å². The van der Waals surface area contributed by atoms with E-state index in [9.17, 15) is 4.79 Å². The van der Waals surface area contributed by atoms with Crippen LogP contribution in [-0.2, 0) is 24.2 Å². The monoisotopic (exact) mass is 402 g/mol. The Morgan fingerprint density at radius 2 is 1.33 bits per heavy atom. The van der Waals surface area contributed by atoms with Crippen molar-refractivity contribution in [3.05, 3.63) is 108 Å². The first-order valence-corrected chi connectivity index (χ1v) is 10.5. The van der Waals surface area contributed by atoms with Crippen LogP contribution in [0.4, 0.5) is 4.79 Å². The second-order valence-electron chi connectivity index (χ2n) is 7.54. The fourth-order valence-electron chi connectivity index (χ4n) is 3.36. The molecule has 0 aliphatic rings. The molecule has 3 aromatic carbocycles. The van der Waals surface area contributed by atoms with Gasteiger partial charge in [0.15, 0.2) is 0 Å². The van der Waals surface area contributed by atoms with Gasteiger partial charge in [-0.15, -0.1) is 0 Å². The fraction of sp³-hybridized carbons (Fsp3) is 0.269. The lowest BCUT2D eigenvalue weighted by Gasteiger charge is -2.24. The molecule has 4 nitrogen and oxygen atoms in total. The van der Waals surface area contributed by atoms with E-state index in [1.54, 1.807) is 0 Å². The molecule has 0 spiro atoms. The van der Waals surface area contributed by atoms with Crippen LogP contribution >= 0.6 is 0 Å². The van der Waals surface area contributed by atoms with Crippen LogP contribution < -0.4 is 10.6 Å². The van der Waals surface area contributed by atoms with E-state index >= 15 is 0 Å². The maximum Gasteiger partial charge on any atom is 0.408 e. The quantitative estimate of drug-likeness (QED) is 0.464. The van der Waals surface area contributed by atoms with Crippen LogP contribution in [-0.4, -0.2) is 18.3 Å². The second kappa shape index (κ2) is 11.8. The molecule has 0 unspecified atom stereocenters. The van der Waals surface area contributed by atoms with E-state index in [-0.39, 0.29) is 18.8 Å². The highest BCUT2D eigenvalue weighted by Crippen LogP contribution is 2.08. The number of ether oxygens (including phenoxy) is 1. The zero-order valence-corrected chi connectivity index (χ0v) is 17.5. The molecule has 0 aromatic heterocycles. The van der Waals surface area contributed by atoms with E-state index in [1.807, 2.05) is 54.6 Å². The lowest BCUT2D eigenvalue weighted by Crippen LogP contribution is -2.50. The van der Waals surface area contributed by atoms with E-state index in [2.05, 4.69) is 54.0 Å². The van der Waals surface area contributed by atoms with Gasteiger partial charge < -0.3 is 10.1 Å². The fourth-order valence-corrected chi connectivity index (χ4v) is 3.36. The Morgan fingerprint density at radius 3 is 1.93 bits per heavy atom. The van der Waals surface area contributed by atoms with Crippen molar-refractivity contribution in [3.8, 4) is 0 Å². The Balaban J connectivity index is 1.54. The van der Waals surface area contributed by atoms with Gasteiger partial charge in [-0.3, -0.25) is 5.32 Å². The summed E-state index contributed by atoms with van der Waals surface area (Å²) in [7, 11) is 0. The Kier molecular flexibility index (Phi) is 8.48. The summed E-state index contributed by atoms with van der Waals surface area (Å²) in [5.41, 5.74) is 3.45. The SMILES string of the molecule is C[C@H](CCc1ccccc1)N[C@@H](Cc1ccccc1)NC(=O)OCc1ccccc1. The number of aryl methyl sites for hydroxylation is 1. The molecule has 0 aliphatic carbocycles. The number of carbonyl (C=O) groups excluding carboxylic acids is 1. The lowest BCUT2D eigenvalue weighted by atomic mass is 10.1. The number of hydrogen-bond donors (Lipinski definition) is 2. The van der Waals surface area contributed by atoms with Crippen molar-refractivity contribution in [1.29, 1.82) is 0 Å². The highest BCUT2D eigenvalue weighted by Gasteiger charge is 2.16. The highest BCUT2D eigenvalue weighted by atomic mass is 16.5. The smallest absolute Gasteiger partial charge is 0.408 e. The minimum Gasteiger partial charge on any atom is -0.445 e. The molecule has 2 atom stereocenters. The molecule has 30 heavy (non-hydrogen) atoms. The molecular formula is C26H30N2O2. The predicted molar refractivity (Wildman–Crippen MR) is 121 cm³/mol. The van der Waals surface area contributed by atoms with Crippen molar-refractivity contribution in [2.75, 3.05) is 0 Å². The number of benzene rings is 3. The van der Waals surface area contributed by atoms with Gasteiger partial charge in [0.05, 0.1) is 6.17 Å². The van der Waals surface area contributed by atoms with E-state index in [1.165, 1.54) is 5.56 Å². The summed E-state index contributed by atoms with van der Waals surface area (Å²) in [4.78, 5) is 12.4. The molecule has 0 fully saturated rings. The van der Waals surface area contributed by atoms with Gasteiger partial charge in [0.2, 0.25) is 0 Å². The zero-order chi connectivity index (χ0) is 21.0. The van der Waals surface area contributed by atoms with Crippen LogP contribution in [0.15, 0.2) is 91.0 Å². The molecular weight excluding hydrogens is 372 g/mol. The average Bonchev–Trinajstić information content (AvgIpc) is 2.78. The van der Waals surface area contributed by atoms with Crippen LogP contribution in [0.5, 0.6) is 0 Å². The van der Waals surface area contributed by atoms with Crippen molar-refractivity contribution in [3.63, 3.8) is 0 Å². The molecule has 2 N–H and O–H groups in total. The maximum absolute atomic E-state index is 12.4. The first-order valence-electron chi connectivity index (χ1n) is 10.5. The summed E-state index contributed by atoms with van der Waals surface area (Å²) < 4.78 is 5.42. The summed E-state index contributed by atoms with van der Waals surface area (Å²) >= 11 is 0. The van der Waals surface area contributed by atoms with E-state index in [0.29, 0.717) is 6.42 Å². The number of nitrogens with one attached hydrogen (secondary N) is 2. The molecule has 156 valence electrons. The van der Waals surface area contributed by atoms with Crippen LogP contribution in [0.3, 0.4) is 0 Å². The summed E-state index contributed by atoms with van der Waals surface area (Å²) in [5, 5.41) is 6.55. The van der Waals surface area contributed by atoms with Crippen molar-refractivity contribution < 1.29 is 9.53 Å². The molecule has 4 heteroatoms. The Bertz CT molecular complexity index is 869. The summed E-state index contributed by atoms with van der Waals surface area (Å²) in [6, 6.07) is 30.6. The van der Waals surface area contributed by atoms with Gasteiger partial charge in [-0.2, -0.15) is 0 Å². The van der Waals surface area contributed by atoms with Crippen LogP contribution in [0.1, 0.15) is 30.0 Å². The summed E-state index contributed by atoms with van der Waals surface area (Å²) in [5.74, 6) is 0. The van der Waals surface area contributed by atoms with Crippen molar-refractivity contribution in [1.82, 2.24) is 10.6 Å². The molecule has 0 aliphatic heterocycles. The molecule has 0 radical (unpaired) electrons. The van der Waals surface area contributed by atoms with Gasteiger partial charge in [0.1, 0.15) is 6.61 Å². The molecule has 3 rings (SSSR count). The largest absolute Gasteiger partial charge is 0.445 e. The highest BCUT2D eigenvalue weighted by molar-refractivity contribution is 5.67. The molecule has 3 aromatic rings. The number of amides is 1. The second-order valence-corrected chi connectivity index (χ2v) is 7.54. The lowest BCUT2D eigenvalue weighted by molar-refractivity contribution is 0.132. The Labute approximate surface area is 179 Å². The number of alkyl carbamates (subject to hydrolysis) is 1. The van der Waals surface area contributed by atoms with Gasteiger partial charge in [-0.1, -0.05) is 91.0 Å². The molecule has 0 saturated heterocycles. The first kappa shape index (κ1) is 21.6. The minimum atomic E-state index is -0.414.